The molecule has 6 nitrogen and oxygen atoms in total. The summed E-state index contributed by atoms with van der Waals surface area (Å²) in [6, 6.07) is 5.02. The molecule has 1 N–H and O–H groups in total. The predicted octanol–water partition coefficient (Wildman–Crippen LogP) is 3.25. The fraction of sp³-hybridized carbons (Fsp3) is 0.500. The average molecular weight is 353 g/mol. The van der Waals surface area contributed by atoms with Crippen molar-refractivity contribution >= 4 is 17.8 Å². The third-order valence-electron chi connectivity index (χ3n) is 3.03. The lowest BCUT2D eigenvalue weighted by Crippen LogP contribution is -2.33. The fourth-order valence-corrected chi connectivity index (χ4v) is 1.90. The molecule has 25 heavy (non-hydrogen) atoms. The Morgan fingerprint density at radius 3 is 2.32 bits per heavy atom. The van der Waals surface area contributed by atoms with Crippen LogP contribution < -0.4 is 5.32 Å². The monoisotopic (exact) mass is 353 g/mol. The standard InChI is InChI=1S/C18H24FNO5/c1-12(16(22)13-7-9-14(19)10-8-13)24-15(21)6-5-11-20-17(23)25-18(2,3)4/h7-10,12H,5-6,11H2,1-4H3,(H,20,23)/t12-/m0/s1. The van der Waals surface area contributed by atoms with Crippen molar-refractivity contribution < 1.29 is 28.2 Å². The lowest BCUT2D eigenvalue weighted by molar-refractivity contribution is -0.146. The van der Waals surface area contributed by atoms with Gasteiger partial charge in [-0.15, -0.1) is 0 Å². The first-order chi connectivity index (χ1) is 11.6. The van der Waals surface area contributed by atoms with Crippen molar-refractivity contribution in [1.82, 2.24) is 5.32 Å². The summed E-state index contributed by atoms with van der Waals surface area (Å²) in [6.45, 7) is 6.98. The third-order valence-corrected chi connectivity index (χ3v) is 3.03. The highest BCUT2D eigenvalue weighted by Crippen LogP contribution is 2.09. The Labute approximate surface area is 146 Å². The molecule has 1 rings (SSSR count). The SMILES string of the molecule is C[C@H](OC(=O)CCCNC(=O)OC(C)(C)C)C(=O)c1ccc(F)cc1. The van der Waals surface area contributed by atoms with Crippen LogP contribution in [-0.2, 0) is 14.3 Å². The quantitative estimate of drug-likeness (QED) is 0.462. The minimum atomic E-state index is -0.961. The molecule has 0 aliphatic heterocycles. The van der Waals surface area contributed by atoms with E-state index in [1.54, 1.807) is 20.8 Å². The maximum atomic E-state index is 12.8. The Bertz CT molecular complexity index is 607. The van der Waals surface area contributed by atoms with E-state index in [9.17, 15) is 18.8 Å². The Balaban J connectivity index is 2.30. The summed E-state index contributed by atoms with van der Waals surface area (Å²) >= 11 is 0. The fourth-order valence-electron chi connectivity index (χ4n) is 1.90. The molecule has 0 spiro atoms. The van der Waals surface area contributed by atoms with Crippen molar-refractivity contribution in [2.45, 2.75) is 52.2 Å². The maximum Gasteiger partial charge on any atom is 0.407 e. The molecule has 0 aliphatic rings. The number of Topliss-reactive ketones (excluding diaryl/α,β-unsaturated/α-hetero) is 1. The van der Waals surface area contributed by atoms with Gasteiger partial charge in [-0.3, -0.25) is 9.59 Å². The molecule has 0 unspecified atom stereocenters. The second kappa shape index (κ2) is 9.15. The van der Waals surface area contributed by atoms with Gasteiger partial charge in [-0.1, -0.05) is 0 Å². The molecule has 0 aromatic heterocycles. The van der Waals surface area contributed by atoms with E-state index >= 15 is 0 Å². The predicted molar refractivity (Wildman–Crippen MR) is 89.8 cm³/mol. The second-order valence-electron chi connectivity index (χ2n) is 6.54. The van der Waals surface area contributed by atoms with Gasteiger partial charge in [0.25, 0.3) is 0 Å². The molecule has 1 aromatic rings. The number of alkyl carbamates (subject to hydrolysis) is 1. The molecule has 138 valence electrons. The number of carbonyl (C=O) groups is 3. The van der Waals surface area contributed by atoms with Crippen LogP contribution in [0.4, 0.5) is 9.18 Å². The van der Waals surface area contributed by atoms with Gasteiger partial charge in [-0.25, -0.2) is 9.18 Å². The van der Waals surface area contributed by atoms with Crippen LogP contribution >= 0.6 is 0 Å². The van der Waals surface area contributed by atoms with Crippen molar-refractivity contribution in [3.05, 3.63) is 35.6 Å². The van der Waals surface area contributed by atoms with E-state index in [0.717, 1.165) is 0 Å². The van der Waals surface area contributed by atoms with Crippen LogP contribution in [0.1, 0.15) is 50.9 Å². The van der Waals surface area contributed by atoms with Crippen molar-refractivity contribution in [1.29, 1.82) is 0 Å². The highest BCUT2D eigenvalue weighted by molar-refractivity contribution is 6.00. The van der Waals surface area contributed by atoms with Crippen LogP contribution in [0.5, 0.6) is 0 Å². The van der Waals surface area contributed by atoms with E-state index in [1.165, 1.54) is 31.2 Å². The van der Waals surface area contributed by atoms with E-state index in [0.29, 0.717) is 6.42 Å². The highest BCUT2D eigenvalue weighted by atomic mass is 19.1. The maximum absolute atomic E-state index is 12.8. The summed E-state index contributed by atoms with van der Waals surface area (Å²) in [5, 5.41) is 2.53. The zero-order chi connectivity index (χ0) is 19.0. The summed E-state index contributed by atoms with van der Waals surface area (Å²) in [6.07, 6.45) is -1.11. The van der Waals surface area contributed by atoms with Crippen LogP contribution in [0.2, 0.25) is 0 Å². The van der Waals surface area contributed by atoms with Crippen molar-refractivity contribution in [3.8, 4) is 0 Å². The number of rotatable bonds is 7. The van der Waals surface area contributed by atoms with Gasteiger partial charge in [-0.2, -0.15) is 0 Å². The van der Waals surface area contributed by atoms with E-state index in [-0.39, 0.29) is 18.5 Å². The average Bonchev–Trinajstić information content (AvgIpc) is 2.50. The normalized spacial score (nSPS) is 12.2. The smallest absolute Gasteiger partial charge is 0.407 e. The Kier molecular flexibility index (Phi) is 7.54. The molecule has 0 aliphatic carbocycles. The summed E-state index contributed by atoms with van der Waals surface area (Å²) in [5.41, 5.74) is -0.313. The van der Waals surface area contributed by atoms with Gasteiger partial charge in [0.1, 0.15) is 11.4 Å². The molecule has 0 heterocycles. The van der Waals surface area contributed by atoms with Gasteiger partial charge in [0.05, 0.1) is 0 Å². The second-order valence-corrected chi connectivity index (χ2v) is 6.54. The molecule has 0 radical (unpaired) electrons. The van der Waals surface area contributed by atoms with E-state index in [2.05, 4.69) is 5.32 Å². The van der Waals surface area contributed by atoms with Crippen LogP contribution in [0, 0.1) is 5.82 Å². The molecule has 1 amide bonds. The summed E-state index contributed by atoms with van der Waals surface area (Å²) in [4.78, 5) is 35.2. The number of hydrogen-bond acceptors (Lipinski definition) is 5. The van der Waals surface area contributed by atoms with Crippen LogP contribution in [0.15, 0.2) is 24.3 Å². The minimum Gasteiger partial charge on any atom is -0.454 e. The van der Waals surface area contributed by atoms with Crippen LogP contribution in [0.3, 0.4) is 0 Å². The van der Waals surface area contributed by atoms with Gasteiger partial charge in [-0.05, 0) is 58.4 Å². The molecule has 0 fully saturated rings. The highest BCUT2D eigenvalue weighted by Gasteiger charge is 2.19. The topological polar surface area (TPSA) is 81.7 Å². The lowest BCUT2D eigenvalue weighted by Gasteiger charge is -2.19. The Morgan fingerprint density at radius 1 is 1.16 bits per heavy atom. The van der Waals surface area contributed by atoms with E-state index in [4.69, 9.17) is 9.47 Å². The molecular weight excluding hydrogens is 329 g/mol. The molecular formula is C18H24FNO5. The largest absolute Gasteiger partial charge is 0.454 e. The molecule has 0 saturated carbocycles. The first kappa shape index (κ1) is 20.6. The number of halogens is 1. The van der Waals surface area contributed by atoms with E-state index in [1.807, 2.05) is 0 Å². The zero-order valence-corrected chi connectivity index (χ0v) is 14.9. The number of hydrogen-bond donors (Lipinski definition) is 1. The van der Waals surface area contributed by atoms with Crippen LogP contribution in [-0.4, -0.2) is 36.1 Å². The third kappa shape index (κ3) is 8.28. The van der Waals surface area contributed by atoms with Crippen molar-refractivity contribution in [2.75, 3.05) is 6.54 Å². The number of benzene rings is 1. The Hall–Kier alpha value is -2.44. The molecule has 1 atom stereocenters. The Morgan fingerprint density at radius 2 is 1.76 bits per heavy atom. The van der Waals surface area contributed by atoms with Gasteiger partial charge in [0.2, 0.25) is 5.78 Å². The first-order valence-corrected chi connectivity index (χ1v) is 8.04. The van der Waals surface area contributed by atoms with Gasteiger partial charge >= 0.3 is 12.1 Å². The summed E-state index contributed by atoms with van der Waals surface area (Å²) in [5.74, 6) is -1.40. The summed E-state index contributed by atoms with van der Waals surface area (Å²) < 4.78 is 23.0. The number of ketones is 1. The number of carbonyl (C=O) groups excluding carboxylic acids is 3. The molecule has 0 saturated heterocycles. The van der Waals surface area contributed by atoms with Gasteiger partial charge in [0.15, 0.2) is 6.10 Å². The molecule has 7 heteroatoms. The lowest BCUT2D eigenvalue weighted by atomic mass is 10.1. The van der Waals surface area contributed by atoms with Gasteiger partial charge < -0.3 is 14.8 Å². The number of ether oxygens (including phenoxy) is 2. The van der Waals surface area contributed by atoms with Crippen LogP contribution in [0.25, 0.3) is 0 Å². The van der Waals surface area contributed by atoms with Crippen molar-refractivity contribution in [2.24, 2.45) is 0 Å². The minimum absolute atomic E-state index is 0.0524. The number of esters is 1. The first-order valence-electron chi connectivity index (χ1n) is 8.04. The number of amides is 1. The van der Waals surface area contributed by atoms with E-state index < -0.39 is 35.4 Å². The number of nitrogens with one attached hydrogen (secondary N) is 1. The molecule has 0 bridgehead atoms. The van der Waals surface area contributed by atoms with Crippen molar-refractivity contribution in [3.63, 3.8) is 0 Å². The summed E-state index contributed by atoms with van der Waals surface area (Å²) in [7, 11) is 0. The zero-order valence-electron chi connectivity index (χ0n) is 14.9. The molecule has 1 aromatic carbocycles. The van der Waals surface area contributed by atoms with Gasteiger partial charge in [0, 0.05) is 18.5 Å².